The van der Waals surface area contributed by atoms with Gasteiger partial charge in [0.2, 0.25) is 0 Å². The van der Waals surface area contributed by atoms with Crippen molar-refractivity contribution < 1.29 is 0 Å². The van der Waals surface area contributed by atoms with Crippen LogP contribution in [0.1, 0.15) is 58.3 Å². The summed E-state index contributed by atoms with van der Waals surface area (Å²) in [4.78, 5) is 0. The highest BCUT2D eigenvalue weighted by Gasteiger charge is 2.11. The number of hydrogen-bond acceptors (Lipinski definition) is 0. The topological polar surface area (TPSA) is 0 Å². The lowest BCUT2D eigenvalue weighted by atomic mass is 9.86. The summed E-state index contributed by atoms with van der Waals surface area (Å²) < 4.78 is 0. The molecule has 1 fully saturated rings. The number of allylic oxidation sites excluding steroid dienone is 2. The molecule has 0 aromatic carbocycles. The molecule has 1 aliphatic carbocycles. The summed E-state index contributed by atoms with van der Waals surface area (Å²) in [6.07, 6.45) is 16.1. The first-order chi connectivity index (χ1) is 5.93. The highest BCUT2D eigenvalue weighted by Crippen LogP contribution is 2.27. The van der Waals surface area contributed by atoms with Gasteiger partial charge in [0.1, 0.15) is 0 Å². The molecule has 12 heavy (non-hydrogen) atoms. The van der Waals surface area contributed by atoms with Gasteiger partial charge >= 0.3 is 0 Å². The Bertz CT molecular complexity index is 118. The fourth-order valence-electron chi connectivity index (χ4n) is 2.09. The first-order valence-corrected chi connectivity index (χ1v) is 5.58. The molecule has 70 valence electrons. The molecule has 0 amide bonds. The van der Waals surface area contributed by atoms with Gasteiger partial charge in [0, 0.05) is 0 Å². The maximum absolute atomic E-state index is 2.36. The van der Waals surface area contributed by atoms with Crippen LogP contribution in [0, 0.1) is 5.92 Å². The summed E-state index contributed by atoms with van der Waals surface area (Å²) in [5.74, 6) is 1.06. The van der Waals surface area contributed by atoms with Crippen LogP contribution in [0.3, 0.4) is 0 Å². The van der Waals surface area contributed by atoms with Crippen molar-refractivity contribution >= 4 is 0 Å². The van der Waals surface area contributed by atoms with Crippen LogP contribution in [0.4, 0.5) is 0 Å². The minimum atomic E-state index is 1.06. The van der Waals surface area contributed by atoms with Gasteiger partial charge in [-0.2, -0.15) is 0 Å². The summed E-state index contributed by atoms with van der Waals surface area (Å²) in [6, 6.07) is 0. The van der Waals surface area contributed by atoms with Crippen LogP contribution in [0.2, 0.25) is 0 Å². The molecule has 0 radical (unpaired) electrons. The second-order valence-corrected chi connectivity index (χ2v) is 3.96. The first-order valence-electron chi connectivity index (χ1n) is 5.58. The van der Waals surface area contributed by atoms with Gasteiger partial charge in [0.15, 0.2) is 0 Å². The minimum absolute atomic E-state index is 1.06. The smallest absolute Gasteiger partial charge is 0.0348 e. The summed E-state index contributed by atoms with van der Waals surface area (Å²) in [6.45, 7) is 2.21. The van der Waals surface area contributed by atoms with E-state index in [4.69, 9.17) is 0 Å². The van der Waals surface area contributed by atoms with E-state index in [2.05, 4.69) is 19.1 Å². The molecule has 0 aromatic heterocycles. The minimum Gasteiger partial charge on any atom is -0.0888 e. The standard InChI is InChI=1S/C12H22/c1-2-3-4-6-9-12-10-7-5-8-11-12/h3-4,12H,2,5-11H2,1H3/b4-3-. The monoisotopic (exact) mass is 166 g/mol. The van der Waals surface area contributed by atoms with Crippen molar-refractivity contribution in [1.29, 1.82) is 0 Å². The maximum Gasteiger partial charge on any atom is -0.0348 e. The molecule has 0 N–H and O–H groups in total. The average molecular weight is 166 g/mol. The largest absolute Gasteiger partial charge is 0.0888 e. The predicted octanol–water partition coefficient (Wildman–Crippen LogP) is 4.31. The van der Waals surface area contributed by atoms with Gasteiger partial charge in [0.05, 0.1) is 0 Å². The SMILES string of the molecule is CC/C=C\CCC1CCCCC1. The van der Waals surface area contributed by atoms with Crippen LogP contribution in [-0.4, -0.2) is 0 Å². The van der Waals surface area contributed by atoms with E-state index in [0.29, 0.717) is 0 Å². The van der Waals surface area contributed by atoms with Crippen LogP contribution in [-0.2, 0) is 0 Å². The molecule has 1 aliphatic rings. The van der Waals surface area contributed by atoms with Crippen LogP contribution >= 0.6 is 0 Å². The third-order valence-corrected chi connectivity index (χ3v) is 2.87. The van der Waals surface area contributed by atoms with Gasteiger partial charge in [0.25, 0.3) is 0 Å². The van der Waals surface area contributed by atoms with Crippen molar-refractivity contribution in [3.05, 3.63) is 12.2 Å². The molecule has 0 spiro atoms. The van der Waals surface area contributed by atoms with Crippen molar-refractivity contribution in [3.63, 3.8) is 0 Å². The highest BCUT2D eigenvalue weighted by molar-refractivity contribution is 4.81. The summed E-state index contributed by atoms with van der Waals surface area (Å²) in [7, 11) is 0. The van der Waals surface area contributed by atoms with Gasteiger partial charge in [-0.3, -0.25) is 0 Å². The highest BCUT2D eigenvalue weighted by atomic mass is 14.2. The fourth-order valence-corrected chi connectivity index (χ4v) is 2.09. The quantitative estimate of drug-likeness (QED) is 0.546. The fraction of sp³-hybridized carbons (Fsp3) is 0.833. The molecule has 0 bridgehead atoms. The third-order valence-electron chi connectivity index (χ3n) is 2.87. The Kier molecular flexibility index (Phi) is 5.14. The molecule has 1 rings (SSSR count). The molecular weight excluding hydrogens is 144 g/mol. The Morgan fingerprint density at radius 1 is 1.08 bits per heavy atom. The summed E-state index contributed by atoms with van der Waals surface area (Å²) in [5, 5.41) is 0. The second kappa shape index (κ2) is 6.28. The molecule has 0 atom stereocenters. The average Bonchev–Trinajstić information content (AvgIpc) is 2.14. The Labute approximate surface area is 77.1 Å². The van der Waals surface area contributed by atoms with Gasteiger partial charge in [-0.15, -0.1) is 0 Å². The first kappa shape index (κ1) is 9.83. The number of hydrogen-bond donors (Lipinski definition) is 0. The molecule has 0 aliphatic heterocycles. The van der Waals surface area contributed by atoms with Crippen molar-refractivity contribution in [2.24, 2.45) is 5.92 Å². The molecule has 1 saturated carbocycles. The van der Waals surface area contributed by atoms with E-state index in [1.807, 2.05) is 0 Å². The molecule has 0 aromatic rings. The van der Waals surface area contributed by atoms with Gasteiger partial charge in [-0.25, -0.2) is 0 Å². The van der Waals surface area contributed by atoms with Crippen molar-refractivity contribution in [1.82, 2.24) is 0 Å². The molecular formula is C12H22. The van der Waals surface area contributed by atoms with Crippen LogP contribution in [0.25, 0.3) is 0 Å². The van der Waals surface area contributed by atoms with E-state index < -0.39 is 0 Å². The van der Waals surface area contributed by atoms with E-state index in [9.17, 15) is 0 Å². The molecule has 0 heteroatoms. The van der Waals surface area contributed by atoms with E-state index in [1.54, 1.807) is 0 Å². The predicted molar refractivity (Wildman–Crippen MR) is 55.2 cm³/mol. The molecule has 0 nitrogen and oxygen atoms in total. The molecule has 0 unspecified atom stereocenters. The van der Waals surface area contributed by atoms with E-state index in [1.165, 1.54) is 51.4 Å². The summed E-state index contributed by atoms with van der Waals surface area (Å²) >= 11 is 0. The normalized spacial score (nSPS) is 20.4. The van der Waals surface area contributed by atoms with Crippen molar-refractivity contribution in [3.8, 4) is 0 Å². The zero-order valence-corrected chi connectivity index (χ0v) is 8.39. The second-order valence-electron chi connectivity index (χ2n) is 3.96. The van der Waals surface area contributed by atoms with E-state index in [0.717, 1.165) is 5.92 Å². The third kappa shape index (κ3) is 3.94. The zero-order valence-electron chi connectivity index (χ0n) is 8.39. The lowest BCUT2D eigenvalue weighted by Gasteiger charge is -2.20. The van der Waals surface area contributed by atoms with Gasteiger partial charge < -0.3 is 0 Å². The number of rotatable bonds is 4. The van der Waals surface area contributed by atoms with Crippen LogP contribution in [0.5, 0.6) is 0 Å². The Morgan fingerprint density at radius 2 is 1.83 bits per heavy atom. The van der Waals surface area contributed by atoms with Gasteiger partial charge in [-0.1, -0.05) is 51.2 Å². The molecule has 0 saturated heterocycles. The summed E-state index contributed by atoms with van der Waals surface area (Å²) in [5.41, 5.74) is 0. The molecule has 0 heterocycles. The van der Waals surface area contributed by atoms with E-state index in [-0.39, 0.29) is 0 Å². The Morgan fingerprint density at radius 3 is 2.50 bits per heavy atom. The van der Waals surface area contributed by atoms with Crippen molar-refractivity contribution in [2.75, 3.05) is 0 Å². The van der Waals surface area contributed by atoms with Crippen LogP contribution in [0.15, 0.2) is 12.2 Å². The maximum atomic E-state index is 2.36. The Hall–Kier alpha value is -0.260. The van der Waals surface area contributed by atoms with Gasteiger partial charge in [-0.05, 0) is 25.2 Å². The van der Waals surface area contributed by atoms with E-state index >= 15 is 0 Å². The lowest BCUT2D eigenvalue weighted by molar-refractivity contribution is 0.341. The van der Waals surface area contributed by atoms with Crippen molar-refractivity contribution in [2.45, 2.75) is 58.3 Å². The lowest BCUT2D eigenvalue weighted by Crippen LogP contribution is -2.05. The van der Waals surface area contributed by atoms with Crippen LogP contribution < -0.4 is 0 Å². The Balaban J connectivity index is 2.01. The zero-order chi connectivity index (χ0) is 8.65.